The Labute approximate surface area is 121 Å². The molecule has 0 aliphatic carbocycles. The highest BCUT2D eigenvalue weighted by molar-refractivity contribution is 6.31. The topological polar surface area (TPSA) is 3.24 Å². The van der Waals surface area contributed by atoms with Gasteiger partial charge in [-0.25, -0.2) is 0 Å². The number of halogens is 2. The molecule has 0 spiro atoms. The van der Waals surface area contributed by atoms with Gasteiger partial charge in [0.15, 0.2) is 0 Å². The van der Waals surface area contributed by atoms with Gasteiger partial charge in [-0.1, -0.05) is 44.4 Å². The summed E-state index contributed by atoms with van der Waals surface area (Å²) in [4.78, 5) is 2.39. The predicted octanol–water partition coefficient (Wildman–Crippen LogP) is 5.34. The van der Waals surface area contributed by atoms with Gasteiger partial charge < -0.3 is 4.90 Å². The van der Waals surface area contributed by atoms with Gasteiger partial charge in [0.05, 0.1) is 0 Å². The number of anilines is 1. The molecular weight excluding hydrogens is 265 g/mol. The smallest absolute Gasteiger partial charge is 0.0494 e. The number of hydrogen-bond acceptors (Lipinski definition) is 1. The zero-order valence-corrected chi connectivity index (χ0v) is 13.1. The van der Waals surface area contributed by atoms with Crippen LogP contribution in [0, 0.1) is 5.92 Å². The van der Waals surface area contributed by atoms with Crippen LogP contribution in [0.3, 0.4) is 0 Å². The normalized spacial score (nSPS) is 11.0. The van der Waals surface area contributed by atoms with E-state index in [1.807, 2.05) is 18.2 Å². The minimum Gasteiger partial charge on any atom is -0.371 e. The van der Waals surface area contributed by atoms with Crippen molar-refractivity contribution >= 4 is 28.9 Å². The van der Waals surface area contributed by atoms with Crippen molar-refractivity contribution in [3.63, 3.8) is 0 Å². The predicted molar refractivity (Wildman–Crippen MR) is 83.0 cm³/mol. The molecule has 0 saturated heterocycles. The second-order valence-electron chi connectivity index (χ2n) is 4.63. The zero-order chi connectivity index (χ0) is 13.5. The van der Waals surface area contributed by atoms with Crippen molar-refractivity contribution in [3.8, 4) is 0 Å². The van der Waals surface area contributed by atoms with Gasteiger partial charge in [0.2, 0.25) is 0 Å². The van der Waals surface area contributed by atoms with Crippen molar-refractivity contribution in [1.82, 2.24) is 0 Å². The SMILES string of the molecule is CCC(CC)CN(CC)c1cc(Cl)ccc1CCl. The first-order chi connectivity index (χ1) is 8.65. The third-order valence-corrected chi connectivity index (χ3v) is 4.07. The molecule has 0 heterocycles. The average Bonchev–Trinajstić information content (AvgIpc) is 2.40. The van der Waals surface area contributed by atoms with Gasteiger partial charge >= 0.3 is 0 Å². The van der Waals surface area contributed by atoms with E-state index >= 15 is 0 Å². The molecule has 0 fully saturated rings. The van der Waals surface area contributed by atoms with Crippen LogP contribution in [0.5, 0.6) is 0 Å². The van der Waals surface area contributed by atoms with Crippen LogP contribution in [0.15, 0.2) is 18.2 Å². The molecule has 0 aromatic heterocycles. The fraction of sp³-hybridized carbons (Fsp3) is 0.600. The van der Waals surface area contributed by atoms with E-state index in [4.69, 9.17) is 23.2 Å². The summed E-state index contributed by atoms with van der Waals surface area (Å²) in [5.74, 6) is 1.26. The highest BCUT2D eigenvalue weighted by Gasteiger charge is 2.14. The quantitative estimate of drug-likeness (QED) is 0.612. The second kappa shape index (κ2) is 7.91. The molecule has 1 aromatic rings. The highest BCUT2D eigenvalue weighted by atomic mass is 35.5. The summed E-state index contributed by atoms with van der Waals surface area (Å²) in [6.07, 6.45) is 2.42. The first-order valence-corrected chi connectivity index (χ1v) is 7.66. The van der Waals surface area contributed by atoms with Gasteiger partial charge in [-0.05, 0) is 30.5 Å². The largest absolute Gasteiger partial charge is 0.371 e. The fourth-order valence-corrected chi connectivity index (χ4v) is 2.59. The van der Waals surface area contributed by atoms with Crippen molar-refractivity contribution in [3.05, 3.63) is 28.8 Å². The first-order valence-electron chi connectivity index (χ1n) is 6.75. The lowest BCUT2D eigenvalue weighted by molar-refractivity contribution is 0.486. The Morgan fingerprint density at radius 2 is 1.83 bits per heavy atom. The molecule has 0 amide bonds. The number of rotatable bonds is 7. The van der Waals surface area contributed by atoms with Gasteiger partial charge in [-0.2, -0.15) is 0 Å². The minimum atomic E-state index is 0.534. The van der Waals surface area contributed by atoms with E-state index in [1.54, 1.807) is 0 Å². The summed E-state index contributed by atoms with van der Waals surface area (Å²) < 4.78 is 0. The summed E-state index contributed by atoms with van der Waals surface area (Å²) >= 11 is 12.1. The van der Waals surface area contributed by atoms with Crippen LogP contribution >= 0.6 is 23.2 Å². The van der Waals surface area contributed by atoms with Crippen LogP contribution < -0.4 is 4.90 Å². The van der Waals surface area contributed by atoms with Gasteiger partial charge in [-0.15, -0.1) is 11.6 Å². The highest BCUT2D eigenvalue weighted by Crippen LogP contribution is 2.27. The Morgan fingerprint density at radius 1 is 1.17 bits per heavy atom. The molecule has 18 heavy (non-hydrogen) atoms. The van der Waals surface area contributed by atoms with Crippen LogP contribution in [0.2, 0.25) is 5.02 Å². The Morgan fingerprint density at radius 3 is 2.33 bits per heavy atom. The molecule has 3 heteroatoms. The van der Waals surface area contributed by atoms with Gasteiger partial charge in [-0.3, -0.25) is 0 Å². The van der Waals surface area contributed by atoms with Crippen molar-refractivity contribution in [2.24, 2.45) is 5.92 Å². The van der Waals surface area contributed by atoms with Crippen LogP contribution in [0.4, 0.5) is 5.69 Å². The molecule has 0 aliphatic rings. The molecule has 0 N–H and O–H groups in total. The lowest BCUT2D eigenvalue weighted by Gasteiger charge is -2.29. The average molecular weight is 288 g/mol. The van der Waals surface area contributed by atoms with Gasteiger partial charge in [0, 0.05) is 29.7 Å². The first kappa shape index (κ1) is 15.7. The van der Waals surface area contributed by atoms with Crippen LogP contribution in [-0.4, -0.2) is 13.1 Å². The Hall–Kier alpha value is -0.400. The molecule has 0 radical (unpaired) electrons. The maximum absolute atomic E-state index is 6.11. The molecular formula is C15H23Cl2N. The maximum atomic E-state index is 6.11. The molecule has 0 atom stereocenters. The fourth-order valence-electron chi connectivity index (χ4n) is 2.20. The molecule has 1 nitrogen and oxygen atoms in total. The second-order valence-corrected chi connectivity index (χ2v) is 5.33. The van der Waals surface area contributed by atoms with E-state index < -0.39 is 0 Å². The van der Waals surface area contributed by atoms with Gasteiger partial charge in [0.1, 0.15) is 0 Å². The van der Waals surface area contributed by atoms with E-state index in [0.717, 1.165) is 29.6 Å². The number of hydrogen-bond donors (Lipinski definition) is 0. The Balaban J connectivity index is 2.96. The Kier molecular flexibility index (Phi) is 6.88. The number of alkyl halides is 1. The summed E-state index contributed by atoms with van der Waals surface area (Å²) in [5.41, 5.74) is 2.35. The van der Waals surface area contributed by atoms with Crippen LogP contribution in [0.25, 0.3) is 0 Å². The van der Waals surface area contributed by atoms with Crippen molar-refractivity contribution in [1.29, 1.82) is 0 Å². The molecule has 0 unspecified atom stereocenters. The molecule has 1 rings (SSSR count). The molecule has 0 saturated carbocycles. The lowest BCUT2D eigenvalue weighted by atomic mass is 10.0. The number of benzene rings is 1. The molecule has 102 valence electrons. The van der Waals surface area contributed by atoms with Crippen LogP contribution in [0.1, 0.15) is 39.2 Å². The van der Waals surface area contributed by atoms with E-state index in [9.17, 15) is 0 Å². The third-order valence-electron chi connectivity index (χ3n) is 3.55. The van der Waals surface area contributed by atoms with E-state index in [0.29, 0.717) is 5.88 Å². The monoisotopic (exact) mass is 287 g/mol. The van der Waals surface area contributed by atoms with E-state index in [2.05, 4.69) is 25.7 Å². The zero-order valence-electron chi connectivity index (χ0n) is 11.5. The molecule has 1 aromatic carbocycles. The molecule has 0 aliphatic heterocycles. The number of nitrogens with zero attached hydrogens (tertiary/aromatic N) is 1. The third kappa shape index (κ3) is 4.07. The van der Waals surface area contributed by atoms with Crippen molar-refractivity contribution in [2.75, 3.05) is 18.0 Å². The standard InChI is InChI=1S/C15H23Cl2N/c1-4-12(5-2)11-18(6-3)15-9-14(17)8-7-13(15)10-16/h7-9,12H,4-6,10-11H2,1-3H3. The van der Waals surface area contributed by atoms with Crippen molar-refractivity contribution < 1.29 is 0 Å². The van der Waals surface area contributed by atoms with Crippen LogP contribution in [-0.2, 0) is 5.88 Å². The minimum absolute atomic E-state index is 0.534. The van der Waals surface area contributed by atoms with Gasteiger partial charge in [0.25, 0.3) is 0 Å². The van der Waals surface area contributed by atoms with E-state index in [1.165, 1.54) is 18.5 Å². The summed E-state index contributed by atoms with van der Waals surface area (Å²) in [5, 5.41) is 0.780. The maximum Gasteiger partial charge on any atom is 0.0494 e. The summed E-state index contributed by atoms with van der Waals surface area (Å²) in [6, 6.07) is 5.97. The lowest BCUT2D eigenvalue weighted by Crippen LogP contribution is -2.29. The summed E-state index contributed by atoms with van der Waals surface area (Å²) in [7, 11) is 0. The van der Waals surface area contributed by atoms with E-state index in [-0.39, 0.29) is 0 Å². The molecule has 0 bridgehead atoms. The van der Waals surface area contributed by atoms with Crippen molar-refractivity contribution in [2.45, 2.75) is 39.5 Å². The Bertz CT molecular complexity index is 362. The summed E-state index contributed by atoms with van der Waals surface area (Å²) in [6.45, 7) is 8.75.